The van der Waals surface area contributed by atoms with Crippen LogP contribution in [0.25, 0.3) is 6.08 Å². The van der Waals surface area contributed by atoms with Gasteiger partial charge in [0.1, 0.15) is 11.9 Å². The molecule has 356 valence electrons. The Hall–Kier alpha value is -5.80. The maximum Gasteiger partial charge on any atom is 0.262 e. The minimum atomic E-state index is -0.945. The highest BCUT2D eigenvalue weighted by Gasteiger charge is 2.45. The molecular formula is C52H67N9O6. The molecule has 1 atom stereocenters. The molecule has 67 heavy (non-hydrogen) atoms. The highest BCUT2D eigenvalue weighted by molar-refractivity contribution is 6.24. The number of carbonyl (C=O) groups is 6. The third-order valence-corrected chi connectivity index (χ3v) is 14.5. The number of unbranched alkanes of at least 4 members (excludes halogenated alkanes) is 5. The van der Waals surface area contributed by atoms with Gasteiger partial charge >= 0.3 is 0 Å². The third-order valence-electron chi connectivity index (χ3n) is 14.5. The van der Waals surface area contributed by atoms with E-state index in [4.69, 9.17) is 4.98 Å². The van der Waals surface area contributed by atoms with Gasteiger partial charge in [-0.05, 0) is 112 Å². The lowest BCUT2D eigenvalue weighted by Gasteiger charge is -2.43. The van der Waals surface area contributed by atoms with E-state index in [2.05, 4.69) is 30.3 Å². The van der Waals surface area contributed by atoms with Gasteiger partial charge in [0.2, 0.25) is 17.7 Å². The number of nitrogens with one attached hydrogen (secondary N) is 2. The summed E-state index contributed by atoms with van der Waals surface area (Å²) in [5.74, 6) is -0.291. The number of pyridine rings is 2. The van der Waals surface area contributed by atoms with E-state index in [1.807, 2.05) is 41.3 Å². The number of anilines is 1. The number of hydrogen-bond acceptors (Lipinski definition) is 11. The summed E-state index contributed by atoms with van der Waals surface area (Å²) in [7, 11) is 0. The van der Waals surface area contributed by atoms with Crippen molar-refractivity contribution >= 4 is 47.3 Å². The zero-order valence-electron chi connectivity index (χ0n) is 38.9. The summed E-state index contributed by atoms with van der Waals surface area (Å²) in [6, 6.07) is 12.8. The Morgan fingerprint density at radius 3 is 2.30 bits per heavy atom. The van der Waals surface area contributed by atoms with Crippen molar-refractivity contribution in [2.45, 2.75) is 108 Å². The van der Waals surface area contributed by atoms with Crippen LogP contribution in [0.15, 0.2) is 67.1 Å². The average Bonchev–Trinajstić information content (AvgIpc) is 3.62. The van der Waals surface area contributed by atoms with E-state index in [1.165, 1.54) is 6.42 Å². The highest BCUT2D eigenvalue weighted by atomic mass is 16.2. The van der Waals surface area contributed by atoms with E-state index < -0.39 is 23.8 Å². The molecule has 15 heteroatoms. The van der Waals surface area contributed by atoms with E-state index in [-0.39, 0.29) is 30.6 Å². The Bertz CT molecular complexity index is 2230. The standard InChI is InChI=1S/C52H67N9O6/c62-46(19-15-39-11-9-25-53-36-39)54-26-6-5-10-38-21-28-60(29-22-38)50(65)41-16-18-45(55-37-41)59-30-23-42(24-31-59)58-34-32-57(33-35-58)27-7-3-1-2-4-12-40-13-8-14-43-48(40)52(67)61(51(43)66)44-17-20-47(63)56-49(44)64/h8-9,11,13-16,18-19,25,36-38,42,44H,1-7,10,12,17,20-24,26-35H2,(H,54,62)(H,56,63,64)/b19-15+. The molecule has 1 unspecified atom stereocenters. The number of fused-ring (bicyclic) bond motifs is 1. The predicted molar refractivity (Wildman–Crippen MR) is 256 cm³/mol. The van der Waals surface area contributed by atoms with Crippen LogP contribution in [0.5, 0.6) is 0 Å². The van der Waals surface area contributed by atoms with Gasteiger partial charge in [0, 0.05) is 96.0 Å². The molecule has 2 aromatic heterocycles. The molecule has 1 aromatic carbocycles. The van der Waals surface area contributed by atoms with Gasteiger partial charge in [0.25, 0.3) is 17.7 Å². The molecule has 4 fully saturated rings. The van der Waals surface area contributed by atoms with Gasteiger partial charge < -0.3 is 20.0 Å². The molecular weight excluding hydrogens is 847 g/mol. The first-order valence-corrected chi connectivity index (χ1v) is 24.9. The van der Waals surface area contributed by atoms with Crippen LogP contribution in [0.3, 0.4) is 0 Å². The topological polar surface area (TPSA) is 168 Å². The second-order valence-electron chi connectivity index (χ2n) is 18.9. The molecule has 5 aliphatic heterocycles. The maximum absolute atomic E-state index is 13.4. The van der Waals surface area contributed by atoms with Gasteiger partial charge in [-0.25, -0.2) is 4.98 Å². The second kappa shape index (κ2) is 23.3. The number of benzene rings is 1. The summed E-state index contributed by atoms with van der Waals surface area (Å²) in [4.78, 5) is 95.6. The first-order chi connectivity index (χ1) is 32.7. The monoisotopic (exact) mass is 914 g/mol. The van der Waals surface area contributed by atoms with Crippen LogP contribution in [-0.2, 0) is 20.8 Å². The molecule has 0 bridgehead atoms. The molecule has 4 saturated heterocycles. The molecule has 0 aliphatic carbocycles. The molecule has 8 rings (SSSR count). The molecule has 5 aliphatic rings. The number of nitrogens with zero attached hydrogens (tertiary/aromatic N) is 7. The van der Waals surface area contributed by atoms with Crippen LogP contribution in [0.2, 0.25) is 0 Å². The number of imide groups is 2. The van der Waals surface area contributed by atoms with E-state index in [1.54, 1.807) is 36.8 Å². The minimum absolute atomic E-state index is 0.0722. The van der Waals surface area contributed by atoms with Crippen LogP contribution < -0.4 is 15.5 Å². The lowest BCUT2D eigenvalue weighted by Crippen LogP contribution is -2.54. The number of amides is 6. The van der Waals surface area contributed by atoms with Crippen LogP contribution in [-0.4, -0.2) is 143 Å². The van der Waals surface area contributed by atoms with Crippen molar-refractivity contribution in [1.82, 2.24) is 40.2 Å². The van der Waals surface area contributed by atoms with Crippen molar-refractivity contribution in [2.24, 2.45) is 5.92 Å². The fourth-order valence-corrected chi connectivity index (χ4v) is 10.6. The number of piperazine rings is 1. The number of hydrogen-bond donors (Lipinski definition) is 2. The van der Waals surface area contributed by atoms with E-state index in [9.17, 15) is 28.8 Å². The van der Waals surface area contributed by atoms with E-state index in [0.717, 1.165) is 151 Å². The van der Waals surface area contributed by atoms with Crippen LogP contribution >= 0.6 is 0 Å². The summed E-state index contributed by atoms with van der Waals surface area (Å²) in [6.07, 6.45) is 22.3. The number of piperidine rings is 3. The first kappa shape index (κ1) is 47.7. The summed E-state index contributed by atoms with van der Waals surface area (Å²) < 4.78 is 0. The minimum Gasteiger partial charge on any atom is -0.357 e. The third kappa shape index (κ3) is 12.4. The van der Waals surface area contributed by atoms with Gasteiger partial charge in [-0.2, -0.15) is 0 Å². The zero-order valence-corrected chi connectivity index (χ0v) is 38.9. The fraction of sp³-hybridized carbons (Fsp3) is 0.538. The Morgan fingerprint density at radius 1 is 0.761 bits per heavy atom. The second-order valence-corrected chi connectivity index (χ2v) is 18.9. The molecule has 15 nitrogen and oxygen atoms in total. The molecule has 0 spiro atoms. The Kier molecular flexibility index (Phi) is 16.6. The quantitative estimate of drug-likeness (QED) is 0.0885. The largest absolute Gasteiger partial charge is 0.357 e. The molecule has 2 N–H and O–H groups in total. The SMILES string of the molecule is O=C(/C=C/c1cccnc1)NCCCCC1CCN(C(=O)c2ccc(N3CCC(N4CCN(CCCCCCCc5cccc6c5C(=O)N(C5CCC(=O)NC5=O)C6=O)CC4)CC3)nc2)CC1. The summed E-state index contributed by atoms with van der Waals surface area (Å²) in [5, 5.41) is 5.23. The summed E-state index contributed by atoms with van der Waals surface area (Å²) >= 11 is 0. The summed E-state index contributed by atoms with van der Waals surface area (Å²) in [5.41, 5.74) is 3.19. The van der Waals surface area contributed by atoms with Crippen molar-refractivity contribution in [3.05, 3.63) is 94.9 Å². The zero-order chi connectivity index (χ0) is 46.5. The number of aryl methyl sites for hydroxylation is 1. The van der Waals surface area contributed by atoms with Crippen LogP contribution in [0.1, 0.15) is 132 Å². The smallest absolute Gasteiger partial charge is 0.262 e. The molecule has 0 radical (unpaired) electrons. The normalized spacial score (nSPS) is 20.2. The lowest BCUT2D eigenvalue weighted by atomic mass is 9.91. The van der Waals surface area contributed by atoms with Crippen LogP contribution in [0, 0.1) is 5.92 Å². The average molecular weight is 914 g/mol. The van der Waals surface area contributed by atoms with Crippen molar-refractivity contribution in [2.75, 3.05) is 70.3 Å². The lowest BCUT2D eigenvalue weighted by molar-refractivity contribution is -0.136. The van der Waals surface area contributed by atoms with Gasteiger partial charge in [-0.3, -0.25) is 48.9 Å². The van der Waals surface area contributed by atoms with Crippen molar-refractivity contribution in [3.8, 4) is 0 Å². The Labute approximate surface area is 394 Å². The number of rotatable bonds is 19. The molecule has 7 heterocycles. The molecule has 0 saturated carbocycles. The first-order valence-electron chi connectivity index (χ1n) is 24.9. The fourth-order valence-electron chi connectivity index (χ4n) is 10.6. The highest BCUT2D eigenvalue weighted by Crippen LogP contribution is 2.31. The maximum atomic E-state index is 13.4. The molecule has 6 amide bonds. The Balaban J connectivity index is 0.655. The van der Waals surface area contributed by atoms with Crippen molar-refractivity contribution in [3.63, 3.8) is 0 Å². The number of aromatic nitrogens is 2. The Morgan fingerprint density at radius 2 is 1.55 bits per heavy atom. The number of likely N-dealkylation sites (tertiary alicyclic amines) is 1. The molecule has 3 aromatic rings. The van der Waals surface area contributed by atoms with E-state index >= 15 is 0 Å². The van der Waals surface area contributed by atoms with E-state index in [0.29, 0.717) is 41.6 Å². The van der Waals surface area contributed by atoms with Crippen LogP contribution in [0.4, 0.5) is 5.82 Å². The number of carbonyl (C=O) groups excluding carboxylic acids is 6. The van der Waals surface area contributed by atoms with Gasteiger partial charge in [-0.1, -0.05) is 50.3 Å². The van der Waals surface area contributed by atoms with Crippen molar-refractivity contribution in [1.29, 1.82) is 0 Å². The van der Waals surface area contributed by atoms with Gasteiger partial charge in [0.15, 0.2) is 0 Å². The predicted octanol–water partition coefficient (Wildman–Crippen LogP) is 5.51. The summed E-state index contributed by atoms with van der Waals surface area (Å²) in [6.45, 7) is 9.68. The van der Waals surface area contributed by atoms with Gasteiger partial charge in [0.05, 0.1) is 16.7 Å². The van der Waals surface area contributed by atoms with Crippen molar-refractivity contribution < 1.29 is 28.8 Å². The van der Waals surface area contributed by atoms with Gasteiger partial charge in [-0.15, -0.1) is 0 Å².